The minimum Gasteiger partial charge on any atom is -0.369 e. The molecule has 0 spiro atoms. The Kier molecular flexibility index (Phi) is 4.71. The second kappa shape index (κ2) is 6.77. The van der Waals surface area contributed by atoms with Gasteiger partial charge in [0, 0.05) is 5.56 Å². The van der Waals surface area contributed by atoms with Crippen LogP contribution in [0.5, 0.6) is 0 Å². The lowest BCUT2D eigenvalue weighted by molar-refractivity contribution is -0.152. The number of amides is 1. The monoisotopic (exact) mass is 328 g/mol. The van der Waals surface area contributed by atoms with E-state index in [1.54, 1.807) is 0 Å². The van der Waals surface area contributed by atoms with Gasteiger partial charge in [0.15, 0.2) is 0 Å². The number of carbonyl (C=O) groups is 1. The van der Waals surface area contributed by atoms with E-state index in [2.05, 4.69) is 12.1 Å². The van der Waals surface area contributed by atoms with E-state index in [1.165, 1.54) is 0 Å². The van der Waals surface area contributed by atoms with E-state index in [9.17, 15) is 4.79 Å². The molecule has 5 nitrogen and oxygen atoms in total. The van der Waals surface area contributed by atoms with Crippen molar-refractivity contribution in [2.75, 3.05) is 6.61 Å². The Balaban J connectivity index is 1.81. The molecule has 5 heteroatoms. The zero-order valence-corrected chi connectivity index (χ0v) is 14.7. The van der Waals surface area contributed by atoms with Crippen LogP contribution in [0.1, 0.15) is 42.5 Å². The number of aromatic nitrogens is 1. The van der Waals surface area contributed by atoms with E-state index in [0.717, 1.165) is 16.8 Å². The molecular weight excluding hydrogens is 304 g/mol. The highest BCUT2D eigenvalue weighted by atomic mass is 16.5. The first-order valence-corrected chi connectivity index (χ1v) is 8.38. The molecule has 1 aromatic heterocycles. The summed E-state index contributed by atoms with van der Waals surface area (Å²) in [5.41, 5.74) is 2.78. The van der Waals surface area contributed by atoms with Crippen molar-refractivity contribution in [3.05, 3.63) is 52.9 Å². The molecule has 0 bridgehead atoms. The van der Waals surface area contributed by atoms with Gasteiger partial charge in [0.2, 0.25) is 5.91 Å². The molecule has 0 unspecified atom stereocenters. The molecule has 128 valence electrons. The van der Waals surface area contributed by atoms with Gasteiger partial charge < -0.3 is 14.2 Å². The van der Waals surface area contributed by atoms with Crippen LogP contribution in [0.15, 0.2) is 34.9 Å². The van der Waals surface area contributed by atoms with E-state index in [1.807, 2.05) is 56.0 Å². The molecule has 1 aliphatic rings. The lowest BCUT2D eigenvalue weighted by Gasteiger charge is -2.44. The number of carbonyl (C=O) groups excluding carboxylic acids is 1. The van der Waals surface area contributed by atoms with Crippen molar-refractivity contribution in [3.8, 4) is 0 Å². The standard InChI is InChI=1S/C19H24N2O3/c1-12-11-23-19(16-8-6-5-7-9-16)14(3)21(12)18(22)10-17-13(2)20-24-15(17)4/h5-9,12,14,19H,10-11H2,1-4H3/t12-,14-,19-/m1/s1. The lowest BCUT2D eigenvalue weighted by atomic mass is 9.97. The minimum atomic E-state index is -0.101. The summed E-state index contributed by atoms with van der Waals surface area (Å²) in [5, 5.41) is 3.94. The summed E-state index contributed by atoms with van der Waals surface area (Å²) in [6, 6.07) is 10.1. The first-order valence-electron chi connectivity index (χ1n) is 8.38. The van der Waals surface area contributed by atoms with Crippen LogP contribution in [-0.2, 0) is 16.0 Å². The predicted molar refractivity (Wildman–Crippen MR) is 90.6 cm³/mol. The van der Waals surface area contributed by atoms with Crippen molar-refractivity contribution in [3.63, 3.8) is 0 Å². The molecule has 24 heavy (non-hydrogen) atoms. The fraction of sp³-hybridized carbons (Fsp3) is 0.474. The van der Waals surface area contributed by atoms with Crippen LogP contribution >= 0.6 is 0 Å². The number of ether oxygens (including phenoxy) is 1. The van der Waals surface area contributed by atoms with Crippen molar-refractivity contribution >= 4 is 5.91 Å². The van der Waals surface area contributed by atoms with Gasteiger partial charge in [-0.05, 0) is 33.3 Å². The number of aryl methyl sites for hydroxylation is 2. The van der Waals surface area contributed by atoms with Gasteiger partial charge in [-0.2, -0.15) is 0 Å². The lowest BCUT2D eigenvalue weighted by Crippen LogP contribution is -2.54. The van der Waals surface area contributed by atoms with E-state index in [-0.39, 0.29) is 24.1 Å². The van der Waals surface area contributed by atoms with Gasteiger partial charge in [-0.15, -0.1) is 0 Å². The molecule has 1 amide bonds. The Morgan fingerprint density at radius 1 is 1.25 bits per heavy atom. The third-order valence-electron chi connectivity index (χ3n) is 4.79. The van der Waals surface area contributed by atoms with Gasteiger partial charge in [0.25, 0.3) is 0 Å². The molecule has 0 saturated carbocycles. The highest BCUT2D eigenvalue weighted by Crippen LogP contribution is 2.31. The Labute approximate surface area is 142 Å². The zero-order valence-electron chi connectivity index (χ0n) is 14.7. The number of rotatable bonds is 3. The SMILES string of the molecule is Cc1noc(C)c1CC(=O)N1[C@H](C)CO[C@@H](c2ccccc2)[C@H]1C. The van der Waals surface area contributed by atoms with Crippen LogP contribution in [0.25, 0.3) is 0 Å². The highest BCUT2D eigenvalue weighted by Gasteiger charge is 2.37. The minimum absolute atomic E-state index is 0.0240. The fourth-order valence-corrected chi connectivity index (χ4v) is 3.50. The summed E-state index contributed by atoms with van der Waals surface area (Å²) < 4.78 is 11.2. The second-order valence-electron chi connectivity index (χ2n) is 6.53. The summed E-state index contributed by atoms with van der Waals surface area (Å²) in [4.78, 5) is 14.9. The van der Waals surface area contributed by atoms with Crippen molar-refractivity contribution in [1.29, 1.82) is 0 Å². The number of benzene rings is 1. The summed E-state index contributed by atoms with van der Waals surface area (Å²) >= 11 is 0. The summed E-state index contributed by atoms with van der Waals surface area (Å²) in [7, 11) is 0. The number of morpholine rings is 1. The molecule has 2 aromatic rings. The first kappa shape index (κ1) is 16.7. The molecule has 1 fully saturated rings. The van der Waals surface area contributed by atoms with Gasteiger partial charge >= 0.3 is 0 Å². The van der Waals surface area contributed by atoms with Crippen LogP contribution in [0.3, 0.4) is 0 Å². The molecule has 2 heterocycles. The number of nitrogens with zero attached hydrogens (tertiary/aromatic N) is 2. The molecule has 1 saturated heterocycles. The van der Waals surface area contributed by atoms with Gasteiger partial charge in [-0.25, -0.2) is 0 Å². The van der Waals surface area contributed by atoms with Gasteiger partial charge in [0.05, 0.1) is 30.8 Å². The smallest absolute Gasteiger partial charge is 0.227 e. The van der Waals surface area contributed by atoms with Crippen molar-refractivity contribution in [2.24, 2.45) is 0 Å². The maximum Gasteiger partial charge on any atom is 0.227 e. The maximum atomic E-state index is 13.0. The highest BCUT2D eigenvalue weighted by molar-refractivity contribution is 5.80. The van der Waals surface area contributed by atoms with Crippen molar-refractivity contribution in [1.82, 2.24) is 10.1 Å². The van der Waals surface area contributed by atoms with Gasteiger partial charge in [-0.1, -0.05) is 35.5 Å². The Morgan fingerprint density at radius 3 is 2.58 bits per heavy atom. The van der Waals surface area contributed by atoms with Gasteiger partial charge in [-0.3, -0.25) is 4.79 Å². The zero-order chi connectivity index (χ0) is 17.3. The quantitative estimate of drug-likeness (QED) is 0.868. The van der Waals surface area contributed by atoms with E-state index < -0.39 is 0 Å². The van der Waals surface area contributed by atoms with Crippen LogP contribution < -0.4 is 0 Å². The van der Waals surface area contributed by atoms with E-state index >= 15 is 0 Å². The first-order chi connectivity index (χ1) is 11.5. The number of hydrogen-bond acceptors (Lipinski definition) is 4. The average molecular weight is 328 g/mol. The molecule has 3 rings (SSSR count). The maximum absolute atomic E-state index is 13.0. The van der Waals surface area contributed by atoms with Crippen LogP contribution in [0, 0.1) is 13.8 Å². The predicted octanol–water partition coefficient (Wildman–Crippen LogP) is 3.21. The number of hydrogen-bond donors (Lipinski definition) is 0. The largest absolute Gasteiger partial charge is 0.369 e. The molecule has 3 atom stereocenters. The van der Waals surface area contributed by atoms with Gasteiger partial charge in [0.1, 0.15) is 11.9 Å². The summed E-state index contributed by atoms with van der Waals surface area (Å²) in [5.74, 6) is 0.808. The summed E-state index contributed by atoms with van der Waals surface area (Å²) in [6.07, 6.45) is 0.216. The molecular formula is C19H24N2O3. The molecule has 1 aromatic carbocycles. The van der Waals surface area contributed by atoms with Crippen LogP contribution in [-0.4, -0.2) is 34.7 Å². The second-order valence-corrected chi connectivity index (χ2v) is 6.53. The fourth-order valence-electron chi connectivity index (χ4n) is 3.50. The van der Waals surface area contributed by atoms with Crippen molar-refractivity contribution < 1.29 is 14.1 Å². The Hall–Kier alpha value is -2.14. The molecule has 0 N–H and O–H groups in total. The van der Waals surface area contributed by atoms with Crippen LogP contribution in [0.2, 0.25) is 0 Å². The molecule has 1 aliphatic heterocycles. The summed E-state index contributed by atoms with van der Waals surface area (Å²) in [6.45, 7) is 8.35. The third-order valence-corrected chi connectivity index (χ3v) is 4.79. The van der Waals surface area contributed by atoms with E-state index in [4.69, 9.17) is 9.26 Å². The average Bonchev–Trinajstić information content (AvgIpc) is 2.88. The molecule has 0 radical (unpaired) electrons. The third kappa shape index (κ3) is 3.08. The Bertz CT molecular complexity index is 691. The molecule has 0 aliphatic carbocycles. The van der Waals surface area contributed by atoms with Crippen LogP contribution in [0.4, 0.5) is 0 Å². The van der Waals surface area contributed by atoms with E-state index in [0.29, 0.717) is 18.8 Å². The Morgan fingerprint density at radius 2 is 1.96 bits per heavy atom. The topological polar surface area (TPSA) is 55.6 Å². The normalized spacial score (nSPS) is 24.2. The van der Waals surface area contributed by atoms with Crippen molar-refractivity contribution in [2.45, 2.75) is 52.3 Å².